The lowest BCUT2D eigenvalue weighted by Crippen LogP contribution is -2.29. The van der Waals surface area contributed by atoms with Gasteiger partial charge < -0.3 is 14.9 Å². The van der Waals surface area contributed by atoms with Gasteiger partial charge in [0.15, 0.2) is 0 Å². The fourth-order valence-electron chi connectivity index (χ4n) is 2.86. The summed E-state index contributed by atoms with van der Waals surface area (Å²) in [5, 5.41) is 3.15. The number of nitrogens with zero attached hydrogens (tertiary/aromatic N) is 2. The van der Waals surface area contributed by atoms with Crippen LogP contribution >= 0.6 is 11.8 Å². The summed E-state index contributed by atoms with van der Waals surface area (Å²) in [6, 6.07) is 11.9. The SMILES string of the molecule is CSCC[C@H](NC(=O)CCCn1cccc1)c1nc2ccccc2[nH]1. The molecule has 3 aromatic rings. The van der Waals surface area contributed by atoms with Crippen LogP contribution in [0.1, 0.15) is 31.1 Å². The van der Waals surface area contributed by atoms with Crippen LogP contribution in [0.2, 0.25) is 0 Å². The van der Waals surface area contributed by atoms with Crippen molar-refractivity contribution in [1.82, 2.24) is 19.9 Å². The fourth-order valence-corrected chi connectivity index (χ4v) is 3.33. The minimum atomic E-state index is -0.0704. The van der Waals surface area contributed by atoms with E-state index in [4.69, 9.17) is 0 Å². The zero-order chi connectivity index (χ0) is 17.5. The standard InChI is InChI=1S/C19H24N4OS/c1-25-14-10-17(19-21-15-7-2-3-8-16(15)22-19)20-18(24)9-6-13-23-11-4-5-12-23/h2-5,7-8,11-12,17H,6,9-10,13-14H2,1H3,(H,20,24)(H,21,22)/t17-/m0/s1. The highest BCUT2D eigenvalue weighted by molar-refractivity contribution is 7.98. The fraction of sp³-hybridized carbons (Fsp3) is 0.368. The van der Waals surface area contributed by atoms with Gasteiger partial charge in [0.05, 0.1) is 17.1 Å². The Balaban J connectivity index is 1.60. The molecule has 2 N–H and O–H groups in total. The van der Waals surface area contributed by atoms with E-state index in [1.54, 1.807) is 11.8 Å². The van der Waals surface area contributed by atoms with Gasteiger partial charge in [-0.05, 0) is 49.1 Å². The average molecular weight is 356 g/mol. The third-order valence-corrected chi connectivity index (χ3v) is 4.81. The maximum Gasteiger partial charge on any atom is 0.220 e. The van der Waals surface area contributed by atoms with Crippen molar-refractivity contribution in [3.05, 3.63) is 54.6 Å². The van der Waals surface area contributed by atoms with Gasteiger partial charge in [-0.25, -0.2) is 4.98 Å². The molecule has 25 heavy (non-hydrogen) atoms. The maximum absolute atomic E-state index is 12.4. The summed E-state index contributed by atoms with van der Waals surface area (Å²) in [6.07, 6.45) is 8.34. The maximum atomic E-state index is 12.4. The van der Waals surface area contributed by atoms with Gasteiger partial charge in [-0.3, -0.25) is 4.79 Å². The number of aromatic amines is 1. The Labute approximate surface area is 152 Å². The number of carbonyl (C=O) groups excluding carboxylic acids is 1. The zero-order valence-corrected chi connectivity index (χ0v) is 15.3. The largest absolute Gasteiger partial charge is 0.354 e. The minimum absolute atomic E-state index is 0.0704. The molecule has 3 rings (SSSR count). The first kappa shape index (κ1) is 17.6. The summed E-state index contributed by atoms with van der Waals surface area (Å²) in [4.78, 5) is 20.4. The summed E-state index contributed by atoms with van der Waals surface area (Å²) >= 11 is 1.78. The van der Waals surface area contributed by atoms with Crippen LogP contribution in [-0.2, 0) is 11.3 Å². The van der Waals surface area contributed by atoms with Crippen LogP contribution in [0.4, 0.5) is 0 Å². The Morgan fingerprint density at radius 3 is 2.84 bits per heavy atom. The van der Waals surface area contributed by atoms with Gasteiger partial charge in [0.2, 0.25) is 5.91 Å². The van der Waals surface area contributed by atoms with Gasteiger partial charge in [0, 0.05) is 25.4 Å². The highest BCUT2D eigenvalue weighted by atomic mass is 32.2. The summed E-state index contributed by atoms with van der Waals surface area (Å²) in [5.74, 6) is 1.90. The summed E-state index contributed by atoms with van der Waals surface area (Å²) in [7, 11) is 0. The van der Waals surface area contributed by atoms with E-state index in [9.17, 15) is 4.79 Å². The molecule has 0 spiro atoms. The topological polar surface area (TPSA) is 62.7 Å². The van der Waals surface area contributed by atoms with Crippen LogP contribution in [0.5, 0.6) is 0 Å². The number of nitrogens with one attached hydrogen (secondary N) is 2. The number of carbonyl (C=O) groups is 1. The van der Waals surface area contributed by atoms with E-state index in [-0.39, 0.29) is 11.9 Å². The second-order valence-electron chi connectivity index (χ2n) is 6.07. The first-order valence-corrected chi connectivity index (χ1v) is 9.99. The second kappa shape index (κ2) is 8.76. The molecule has 0 bridgehead atoms. The molecule has 5 nitrogen and oxygen atoms in total. The number of rotatable bonds is 9. The number of hydrogen-bond donors (Lipinski definition) is 2. The Morgan fingerprint density at radius 2 is 2.08 bits per heavy atom. The van der Waals surface area contributed by atoms with Crippen molar-refractivity contribution in [3.63, 3.8) is 0 Å². The molecule has 1 amide bonds. The van der Waals surface area contributed by atoms with Gasteiger partial charge in [-0.2, -0.15) is 11.8 Å². The lowest BCUT2D eigenvalue weighted by atomic mass is 10.2. The predicted molar refractivity (Wildman–Crippen MR) is 104 cm³/mol. The van der Waals surface area contributed by atoms with Crippen molar-refractivity contribution < 1.29 is 4.79 Å². The van der Waals surface area contributed by atoms with Crippen LogP contribution < -0.4 is 5.32 Å². The molecular weight excluding hydrogens is 332 g/mol. The number of thioether (sulfide) groups is 1. The first-order chi connectivity index (χ1) is 12.3. The van der Waals surface area contributed by atoms with Crippen molar-refractivity contribution in [2.45, 2.75) is 31.8 Å². The van der Waals surface area contributed by atoms with E-state index < -0.39 is 0 Å². The molecule has 1 atom stereocenters. The number of H-pyrrole nitrogens is 1. The van der Waals surface area contributed by atoms with E-state index >= 15 is 0 Å². The van der Waals surface area contributed by atoms with E-state index in [1.807, 2.05) is 48.8 Å². The molecule has 2 aromatic heterocycles. The summed E-state index contributed by atoms with van der Waals surface area (Å²) in [5.41, 5.74) is 1.95. The van der Waals surface area contributed by atoms with E-state index in [0.717, 1.165) is 42.0 Å². The molecule has 0 fully saturated rings. The zero-order valence-electron chi connectivity index (χ0n) is 14.4. The van der Waals surface area contributed by atoms with Crippen LogP contribution in [0.3, 0.4) is 0 Å². The summed E-state index contributed by atoms with van der Waals surface area (Å²) in [6.45, 7) is 0.862. The van der Waals surface area contributed by atoms with Crippen LogP contribution in [0, 0.1) is 0 Å². The molecule has 0 aliphatic rings. The van der Waals surface area contributed by atoms with Crippen molar-refractivity contribution in [2.24, 2.45) is 0 Å². The minimum Gasteiger partial charge on any atom is -0.354 e. The van der Waals surface area contributed by atoms with Crippen LogP contribution in [0.25, 0.3) is 11.0 Å². The number of amides is 1. The monoisotopic (exact) mass is 356 g/mol. The smallest absolute Gasteiger partial charge is 0.220 e. The van der Waals surface area contributed by atoms with Gasteiger partial charge in [0.25, 0.3) is 0 Å². The Hall–Kier alpha value is -2.21. The number of aromatic nitrogens is 3. The number of hydrogen-bond acceptors (Lipinski definition) is 3. The third-order valence-electron chi connectivity index (χ3n) is 4.17. The third kappa shape index (κ3) is 4.89. The normalized spacial score (nSPS) is 12.4. The summed E-state index contributed by atoms with van der Waals surface area (Å²) < 4.78 is 2.09. The number of imidazole rings is 1. The van der Waals surface area contributed by atoms with Gasteiger partial charge in [-0.15, -0.1) is 0 Å². The lowest BCUT2D eigenvalue weighted by molar-refractivity contribution is -0.122. The Bertz CT molecular complexity index is 764. The van der Waals surface area contributed by atoms with Crippen molar-refractivity contribution in [2.75, 3.05) is 12.0 Å². The Kier molecular flexibility index (Phi) is 6.17. The van der Waals surface area contributed by atoms with E-state index in [1.165, 1.54) is 0 Å². The quantitative estimate of drug-likeness (QED) is 0.614. The Morgan fingerprint density at radius 1 is 1.28 bits per heavy atom. The van der Waals surface area contributed by atoms with E-state index in [2.05, 4.69) is 26.1 Å². The van der Waals surface area contributed by atoms with Gasteiger partial charge in [0.1, 0.15) is 5.82 Å². The highest BCUT2D eigenvalue weighted by Crippen LogP contribution is 2.20. The van der Waals surface area contributed by atoms with Crippen molar-refractivity contribution in [1.29, 1.82) is 0 Å². The molecule has 2 heterocycles. The highest BCUT2D eigenvalue weighted by Gasteiger charge is 2.18. The second-order valence-corrected chi connectivity index (χ2v) is 7.05. The van der Waals surface area contributed by atoms with Crippen LogP contribution in [-0.4, -0.2) is 32.5 Å². The molecule has 0 unspecified atom stereocenters. The molecule has 132 valence electrons. The van der Waals surface area contributed by atoms with Gasteiger partial charge in [-0.1, -0.05) is 12.1 Å². The predicted octanol–water partition coefficient (Wildman–Crippen LogP) is 3.76. The van der Waals surface area contributed by atoms with Crippen LogP contribution in [0.15, 0.2) is 48.8 Å². The number of fused-ring (bicyclic) bond motifs is 1. The molecule has 0 radical (unpaired) electrons. The number of aryl methyl sites for hydroxylation is 1. The van der Waals surface area contributed by atoms with Crippen molar-refractivity contribution >= 4 is 28.7 Å². The number of benzene rings is 1. The molecular formula is C19H24N4OS. The van der Waals surface area contributed by atoms with Crippen molar-refractivity contribution in [3.8, 4) is 0 Å². The number of para-hydroxylation sites is 2. The lowest BCUT2D eigenvalue weighted by Gasteiger charge is -2.16. The molecule has 1 aromatic carbocycles. The molecule has 0 saturated heterocycles. The molecule has 0 aliphatic carbocycles. The first-order valence-electron chi connectivity index (χ1n) is 8.60. The van der Waals surface area contributed by atoms with E-state index in [0.29, 0.717) is 6.42 Å². The molecule has 0 saturated carbocycles. The molecule has 6 heteroatoms. The molecule has 0 aliphatic heterocycles. The average Bonchev–Trinajstić information content (AvgIpc) is 3.27. The van der Waals surface area contributed by atoms with Gasteiger partial charge >= 0.3 is 0 Å².